The molecule has 0 aliphatic rings. The number of rotatable bonds is 0. The van der Waals surface area contributed by atoms with Crippen LogP contribution in [0.1, 0.15) is 76.2 Å². The Labute approximate surface area is 182 Å². The lowest BCUT2D eigenvalue weighted by Gasteiger charge is -1.90. The number of primary amides is 1. The summed E-state index contributed by atoms with van der Waals surface area (Å²) >= 11 is 3.97. The average Bonchev–Trinajstić information content (AvgIpc) is 2.20. The van der Waals surface area contributed by atoms with Crippen molar-refractivity contribution in [1.29, 1.82) is 0 Å². The maximum absolute atomic E-state index is 9.44. The van der Waals surface area contributed by atoms with Crippen LogP contribution in [0.5, 0.6) is 0 Å². The minimum atomic E-state index is -1.17. The molecule has 7 heteroatoms. The molecule has 0 aromatic carbocycles. The Morgan fingerprint density at radius 2 is 0.857 bits per heavy atom. The highest BCUT2D eigenvalue weighted by molar-refractivity contribution is 7.80. The van der Waals surface area contributed by atoms with Gasteiger partial charge in [-0.2, -0.15) is 12.6 Å². The summed E-state index contributed by atoms with van der Waals surface area (Å²) in [6.45, 7) is 23.7. The normalized spacial score (nSPS) is 7.89. The summed E-state index contributed by atoms with van der Waals surface area (Å²) in [4.78, 5) is 20.7. The van der Waals surface area contributed by atoms with Gasteiger partial charge >= 0.3 is 0 Å². The van der Waals surface area contributed by atoms with Gasteiger partial charge in [-0.1, -0.05) is 40.2 Å². The molecule has 4 N–H and O–H groups in total. The molecule has 0 heterocycles. The second kappa shape index (κ2) is 40.7. The molecule has 0 spiro atoms. The number of nitrogens with zero attached hydrogens (tertiary/aromatic N) is 1. The third-order valence-electron chi connectivity index (χ3n) is 0. The van der Waals surface area contributed by atoms with Gasteiger partial charge in [0.25, 0.3) is 0 Å². The fourth-order valence-corrected chi connectivity index (χ4v) is 0. The van der Waals surface area contributed by atoms with Crippen molar-refractivity contribution in [3.8, 4) is 0 Å². The van der Waals surface area contributed by atoms with E-state index in [-0.39, 0.29) is 11.7 Å². The molecule has 0 bridgehead atoms. The molecule has 0 aromatic heterocycles. The molecular formula is C21H52N2O4S. The number of ketones is 1. The molecule has 0 atom stereocenters. The standard InChI is InChI=1S/C4H10.C4H8.C3H9N.C3H6O.C3H8S.C2H5NO.C2H6O2/c3*1-4(2)3;2*1-3(2)4;2*1-2(3)4/h4H,1-3H3;1H2,2-3H3;1-3H3;1-2H3;3-4H,1-2H3;1H3,(H2,3,4);2-4H,1H3. The fourth-order valence-electron chi connectivity index (χ4n) is 0. The van der Waals surface area contributed by atoms with E-state index < -0.39 is 6.29 Å². The van der Waals surface area contributed by atoms with Crippen LogP contribution in [0.4, 0.5) is 0 Å². The van der Waals surface area contributed by atoms with Gasteiger partial charge in [0.15, 0.2) is 0 Å². The maximum Gasteiger partial charge on any atom is 0.214 e. The van der Waals surface area contributed by atoms with Gasteiger partial charge in [-0.25, -0.2) is 0 Å². The first-order valence-electron chi connectivity index (χ1n) is 9.13. The van der Waals surface area contributed by atoms with Crippen molar-refractivity contribution in [3.05, 3.63) is 12.2 Å². The summed E-state index contributed by atoms with van der Waals surface area (Å²) in [5.41, 5.74) is 5.64. The molecule has 1 amide bonds. The van der Waals surface area contributed by atoms with Crippen LogP contribution in [0, 0.1) is 5.92 Å². The van der Waals surface area contributed by atoms with Crippen LogP contribution in [0.2, 0.25) is 0 Å². The molecule has 0 rings (SSSR count). The van der Waals surface area contributed by atoms with Crippen molar-refractivity contribution in [2.45, 2.75) is 87.7 Å². The number of aliphatic hydroxyl groups excluding tert-OH is 1. The number of aliphatic hydroxyl groups is 2. The Kier molecular flexibility index (Phi) is 66.4. The Hall–Kier alpha value is -0.890. The van der Waals surface area contributed by atoms with Crippen molar-refractivity contribution in [2.75, 3.05) is 21.1 Å². The summed E-state index contributed by atoms with van der Waals surface area (Å²) in [5.74, 6) is 0.667. The number of amides is 1. The lowest BCUT2D eigenvalue weighted by Crippen LogP contribution is -2.01. The van der Waals surface area contributed by atoms with E-state index >= 15 is 0 Å². The van der Waals surface area contributed by atoms with E-state index in [9.17, 15) is 9.59 Å². The number of Topliss-reactive ketones (excluding diaryl/α,β-unsaturated/α-hetero) is 1. The smallest absolute Gasteiger partial charge is 0.214 e. The molecular weight excluding hydrogens is 376 g/mol. The predicted octanol–water partition coefficient (Wildman–Crippen LogP) is 4.15. The molecule has 6 nitrogen and oxygen atoms in total. The molecule has 0 saturated carbocycles. The van der Waals surface area contributed by atoms with E-state index in [0.717, 1.165) is 5.92 Å². The number of carbonyl (C=O) groups is 2. The van der Waals surface area contributed by atoms with Crippen molar-refractivity contribution < 1.29 is 19.8 Å². The summed E-state index contributed by atoms with van der Waals surface area (Å²) in [6, 6.07) is 0. The van der Waals surface area contributed by atoms with Crippen LogP contribution in [0.3, 0.4) is 0 Å². The zero-order valence-corrected chi connectivity index (χ0v) is 22.0. The van der Waals surface area contributed by atoms with Crippen molar-refractivity contribution in [2.24, 2.45) is 11.7 Å². The van der Waals surface area contributed by atoms with Crippen molar-refractivity contribution in [3.63, 3.8) is 0 Å². The number of carbonyl (C=O) groups excluding carboxylic acids is 2. The maximum atomic E-state index is 9.44. The summed E-state index contributed by atoms with van der Waals surface area (Å²) < 4.78 is 0. The minimum absolute atomic E-state index is 0.167. The topological polar surface area (TPSA) is 104 Å². The number of thiol groups is 1. The molecule has 0 saturated heterocycles. The fraction of sp³-hybridized carbons (Fsp3) is 0.810. The summed E-state index contributed by atoms with van der Waals surface area (Å²) in [7, 11) is 6.00. The number of allylic oxidation sites excluding steroid dienone is 1. The minimum Gasteiger partial charge on any atom is -0.370 e. The second-order valence-electron chi connectivity index (χ2n) is 7.53. The first-order chi connectivity index (χ1) is 12.1. The Morgan fingerprint density at radius 3 is 0.857 bits per heavy atom. The van der Waals surface area contributed by atoms with Gasteiger partial charge in [0.2, 0.25) is 5.91 Å². The molecule has 0 unspecified atom stereocenters. The van der Waals surface area contributed by atoms with E-state index in [2.05, 4.69) is 45.7 Å². The number of hydrogen-bond donors (Lipinski definition) is 4. The Morgan fingerprint density at radius 1 is 0.857 bits per heavy atom. The number of nitrogens with two attached hydrogens (primary N) is 1. The van der Waals surface area contributed by atoms with E-state index in [0.29, 0.717) is 5.25 Å². The van der Waals surface area contributed by atoms with Gasteiger partial charge < -0.3 is 25.6 Å². The van der Waals surface area contributed by atoms with Gasteiger partial charge in [-0.15, -0.1) is 6.58 Å². The molecule has 28 heavy (non-hydrogen) atoms. The molecule has 0 fully saturated rings. The van der Waals surface area contributed by atoms with Crippen LogP contribution in [-0.4, -0.2) is 59.5 Å². The Bertz CT molecular complexity index is 231. The molecule has 0 aliphatic carbocycles. The van der Waals surface area contributed by atoms with Gasteiger partial charge in [0, 0.05) is 6.92 Å². The van der Waals surface area contributed by atoms with E-state index in [1.165, 1.54) is 33.3 Å². The molecule has 0 radical (unpaired) electrons. The molecule has 176 valence electrons. The van der Waals surface area contributed by atoms with Crippen LogP contribution in [-0.2, 0) is 9.59 Å². The lowest BCUT2D eigenvalue weighted by atomic mass is 10.3. The summed E-state index contributed by atoms with van der Waals surface area (Å²) in [5, 5.41) is 15.8. The highest BCUT2D eigenvalue weighted by atomic mass is 32.1. The van der Waals surface area contributed by atoms with Gasteiger partial charge in [-0.3, -0.25) is 4.79 Å². The first kappa shape index (κ1) is 45.7. The van der Waals surface area contributed by atoms with Gasteiger partial charge in [0.05, 0.1) is 0 Å². The van der Waals surface area contributed by atoms with Crippen molar-refractivity contribution >= 4 is 24.3 Å². The van der Waals surface area contributed by atoms with Crippen molar-refractivity contribution in [1.82, 2.24) is 4.90 Å². The second-order valence-corrected chi connectivity index (χ2v) is 8.56. The third-order valence-corrected chi connectivity index (χ3v) is 0. The predicted molar refractivity (Wildman–Crippen MR) is 130 cm³/mol. The van der Waals surface area contributed by atoms with Gasteiger partial charge in [-0.05, 0) is 66.9 Å². The average molecular weight is 429 g/mol. The van der Waals surface area contributed by atoms with E-state index in [1.807, 2.05) is 53.7 Å². The highest BCUT2D eigenvalue weighted by Crippen LogP contribution is 1.83. The summed E-state index contributed by atoms with van der Waals surface area (Å²) in [6.07, 6.45) is -1.17. The van der Waals surface area contributed by atoms with Crippen LogP contribution >= 0.6 is 12.6 Å². The van der Waals surface area contributed by atoms with Crippen LogP contribution in [0.25, 0.3) is 0 Å². The molecule has 0 aliphatic heterocycles. The van der Waals surface area contributed by atoms with Gasteiger partial charge in [0.1, 0.15) is 12.1 Å². The van der Waals surface area contributed by atoms with E-state index in [1.54, 1.807) is 0 Å². The Balaban J connectivity index is -0.0000000367. The molecule has 0 aromatic rings. The monoisotopic (exact) mass is 428 g/mol. The zero-order valence-electron chi connectivity index (χ0n) is 21.1. The highest BCUT2D eigenvalue weighted by Gasteiger charge is 1.70. The van der Waals surface area contributed by atoms with Crippen LogP contribution < -0.4 is 5.73 Å². The SMILES string of the molecule is C=C(C)C.CC(C)=O.CC(C)C.CC(C)S.CC(N)=O.CC(O)O.CN(C)C. The zero-order chi connectivity index (χ0) is 25.0. The third kappa shape index (κ3) is 18400. The lowest BCUT2D eigenvalue weighted by molar-refractivity contribution is -0.116. The largest absolute Gasteiger partial charge is 0.370 e. The number of hydrogen-bond acceptors (Lipinski definition) is 6. The first-order valence-corrected chi connectivity index (χ1v) is 9.65. The van der Waals surface area contributed by atoms with E-state index in [4.69, 9.17) is 10.2 Å². The van der Waals surface area contributed by atoms with Crippen LogP contribution in [0.15, 0.2) is 12.2 Å². The quantitative estimate of drug-likeness (QED) is 0.264.